The van der Waals surface area contributed by atoms with Crippen LogP contribution in [0.5, 0.6) is 11.5 Å². The molecule has 18 heavy (non-hydrogen) atoms. The first-order valence-corrected chi connectivity index (χ1v) is 6.15. The molecule has 2 aromatic carbocycles. The molecule has 0 heterocycles. The van der Waals surface area contributed by atoms with Crippen molar-refractivity contribution in [3.05, 3.63) is 58.6 Å². The molecule has 1 N–H and O–H groups in total. The molecule has 0 unspecified atom stereocenters. The molecule has 0 spiro atoms. The fraction of sp³-hybridized carbons (Fsp3) is 0.0714. The number of hydrogen-bond acceptors (Lipinski definition) is 3. The van der Waals surface area contributed by atoms with Gasteiger partial charge in [0, 0.05) is 10.0 Å². The quantitative estimate of drug-likeness (QED) is 0.880. The van der Waals surface area contributed by atoms with Gasteiger partial charge in [-0.2, -0.15) is 0 Å². The summed E-state index contributed by atoms with van der Waals surface area (Å²) in [6.07, 6.45) is 0. The molecular weight excluding hydrogens is 296 g/mol. The van der Waals surface area contributed by atoms with Crippen molar-refractivity contribution in [3.8, 4) is 11.5 Å². The van der Waals surface area contributed by atoms with Gasteiger partial charge in [-0.15, -0.1) is 0 Å². The highest BCUT2D eigenvalue weighted by molar-refractivity contribution is 9.10. The number of phenolic OH excluding ortho intramolecular Hbond substituents is 1. The van der Waals surface area contributed by atoms with Crippen LogP contribution in [0.3, 0.4) is 0 Å². The van der Waals surface area contributed by atoms with E-state index in [1.54, 1.807) is 42.5 Å². The Kier molecular flexibility index (Phi) is 3.99. The molecule has 0 bridgehead atoms. The molecule has 0 saturated heterocycles. The molecule has 0 aliphatic rings. The van der Waals surface area contributed by atoms with Gasteiger partial charge in [-0.3, -0.25) is 4.79 Å². The van der Waals surface area contributed by atoms with E-state index < -0.39 is 0 Å². The summed E-state index contributed by atoms with van der Waals surface area (Å²) in [5.41, 5.74) is 0.577. The van der Waals surface area contributed by atoms with E-state index in [1.807, 2.05) is 0 Å². The molecule has 0 aliphatic carbocycles. The molecule has 2 rings (SSSR count). The maximum Gasteiger partial charge on any atom is 0.200 e. The van der Waals surface area contributed by atoms with Crippen LogP contribution in [0.4, 0.5) is 0 Å². The summed E-state index contributed by atoms with van der Waals surface area (Å²) in [6, 6.07) is 13.6. The molecule has 0 amide bonds. The van der Waals surface area contributed by atoms with Gasteiger partial charge in [-0.1, -0.05) is 40.2 Å². The van der Waals surface area contributed by atoms with Crippen LogP contribution in [0, 0.1) is 0 Å². The molecule has 0 fully saturated rings. The summed E-state index contributed by atoms with van der Waals surface area (Å²) in [6.45, 7) is -0.0980. The predicted octanol–water partition coefficient (Wildman–Crippen LogP) is 3.42. The SMILES string of the molecule is O=C(COc1ccccc1O)c1ccc(Br)cc1. The van der Waals surface area contributed by atoms with Crippen molar-refractivity contribution < 1.29 is 14.6 Å². The number of ketones is 1. The molecule has 0 atom stereocenters. The minimum atomic E-state index is -0.134. The molecular formula is C14H11BrO3. The number of hydrogen-bond donors (Lipinski definition) is 1. The Labute approximate surface area is 113 Å². The van der Waals surface area contributed by atoms with Crippen LogP contribution in [0.1, 0.15) is 10.4 Å². The average Bonchev–Trinajstić information content (AvgIpc) is 2.38. The second-order valence-corrected chi connectivity index (χ2v) is 4.60. The van der Waals surface area contributed by atoms with Gasteiger partial charge in [0.2, 0.25) is 0 Å². The average molecular weight is 307 g/mol. The van der Waals surface area contributed by atoms with Gasteiger partial charge in [-0.05, 0) is 24.3 Å². The highest BCUT2D eigenvalue weighted by atomic mass is 79.9. The second-order valence-electron chi connectivity index (χ2n) is 3.69. The zero-order valence-electron chi connectivity index (χ0n) is 9.47. The molecule has 0 aliphatic heterocycles. The minimum absolute atomic E-state index is 0.0288. The highest BCUT2D eigenvalue weighted by Gasteiger charge is 2.08. The lowest BCUT2D eigenvalue weighted by molar-refractivity contribution is 0.0919. The fourth-order valence-corrected chi connectivity index (χ4v) is 1.71. The van der Waals surface area contributed by atoms with Crippen LogP contribution in [0.25, 0.3) is 0 Å². The number of aromatic hydroxyl groups is 1. The number of halogens is 1. The maximum absolute atomic E-state index is 11.8. The van der Waals surface area contributed by atoms with E-state index >= 15 is 0 Å². The number of rotatable bonds is 4. The Bertz CT molecular complexity index is 549. The lowest BCUT2D eigenvalue weighted by atomic mass is 10.1. The van der Waals surface area contributed by atoms with Crippen LogP contribution in [0.2, 0.25) is 0 Å². The van der Waals surface area contributed by atoms with Gasteiger partial charge < -0.3 is 9.84 Å². The molecule has 0 radical (unpaired) electrons. The van der Waals surface area contributed by atoms with Gasteiger partial charge in [0.05, 0.1) is 0 Å². The fourth-order valence-electron chi connectivity index (χ4n) is 1.44. The van der Waals surface area contributed by atoms with Gasteiger partial charge >= 0.3 is 0 Å². The smallest absolute Gasteiger partial charge is 0.200 e. The zero-order chi connectivity index (χ0) is 13.0. The summed E-state index contributed by atoms with van der Waals surface area (Å²) in [5, 5.41) is 9.49. The van der Waals surface area contributed by atoms with Crippen molar-refractivity contribution in [2.45, 2.75) is 0 Å². The number of carbonyl (C=O) groups excluding carboxylic acids is 1. The number of ether oxygens (including phenoxy) is 1. The van der Waals surface area contributed by atoms with E-state index in [4.69, 9.17) is 4.74 Å². The molecule has 0 saturated carbocycles. The number of carbonyl (C=O) groups is 1. The third-order valence-corrected chi connectivity index (χ3v) is 2.92. The summed E-state index contributed by atoms with van der Waals surface area (Å²) in [5.74, 6) is 0.204. The van der Waals surface area contributed by atoms with Gasteiger partial charge in [0.15, 0.2) is 23.9 Å². The lowest BCUT2D eigenvalue weighted by Crippen LogP contribution is -2.11. The largest absolute Gasteiger partial charge is 0.504 e. The van der Waals surface area contributed by atoms with E-state index in [1.165, 1.54) is 6.07 Å². The normalized spacial score (nSPS) is 10.1. The number of phenols is 1. The van der Waals surface area contributed by atoms with Gasteiger partial charge in [0.25, 0.3) is 0 Å². The Morgan fingerprint density at radius 1 is 1.11 bits per heavy atom. The van der Waals surface area contributed by atoms with E-state index in [0.29, 0.717) is 11.3 Å². The van der Waals surface area contributed by atoms with Gasteiger partial charge in [-0.25, -0.2) is 0 Å². The van der Waals surface area contributed by atoms with Crippen molar-refractivity contribution >= 4 is 21.7 Å². The third kappa shape index (κ3) is 3.11. The Hall–Kier alpha value is -1.81. The minimum Gasteiger partial charge on any atom is -0.504 e. The summed E-state index contributed by atoms with van der Waals surface area (Å²) >= 11 is 3.30. The molecule has 2 aromatic rings. The number of benzene rings is 2. The number of Topliss-reactive ketones (excluding diaryl/α,β-unsaturated/α-hetero) is 1. The Morgan fingerprint density at radius 3 is 2.44 bits per heavy atom. The molecule has 0 aromatic heterocycles. The molecule has 92 valence electrons. The standard InChI is InChI=1S/C14H11BrO3/c15-11-7-5-10(6-8-11)13(17)9-18-14-4-2-1-3-12(14)16/h1-8,16H,9H2. The summed E-state index contributed by atoms with van der Waals surface area (Å²) in [7, 11) is 0. The van der Waals surface area contributed by atoms with Crippen molar-refractivity contribution in [1.29, 1.82) is 0 Å². The third-order valence-electron chi connectivity index (χ3n) is 2.39. The second kappa shape index (κ2) is 5.69. The van der Waals surface area contributed by atoms with Crippen molar-refractivity contribution in [2.24, 2.45) is 0 Å². The van der Waals surface area contributed by atoms with Gasteiger partial charge in [0.1, 0.15) is 0 Å². The monoisotopic (exact) mass is 306 g/mol. The van der Waals surface area contributed by atoms with Crippen molar-refractivity contribution in [2.75, 3.05) is 6.61 Å². The van der Waals surface area contributed by atoms with Crippen LogP contribution >= 0.6 is 15.9 Å². The Balaban J connectivity index is 2.01. The van der Waals surface area contributed by atoms with Crippen LogP contribution in [-0.2, 0) is 0 Å². The first-order chi connectivity index (χ1) is 8.66. The summed E-state index contributed by atoms with van der Waals surface area (Å²) < 4.78 is 6.19. The van der Waals surface area contributed by atoms with E-state index in [0.717, 1.165) is 4.47 Å². The Morgan fingerprint density at radius 2 is 1.78 bits per heavy atom. The van der Waals surface area contributed by atoms with E-state index in [9.17, 15) is 9.90 Å². The predicted molar refractivity (Wildman–Crippen MR) is 72.1 cm³/mol. The number of para-hydroxylation sites is 2. The van der Waals surface area contributed by atoms with E-state index in [-0.39, 0.29) is 18.1 Å². The summed E-state index contributed by atoms with van der Waals surface area (Å²) in [4.78, 5) is 11.8. The first-order valence-electron chi connectivity index (χ1n) is 5.36. The highest BCUT2D eigenvalue weighted by Crippen LogP contribution is 2.24. The van der Waals surface area contributed by atoms with E-state index in [2.05, 4.69) is 15.9 Å². The molecule has 3 nitrogen and oxygen atoms in total. The zero-order valence-corrected chi connectivity index (χ0v) is 11.1. The van der Waals surface area contributed by atoms with Crippen LogP contribution in [-0.4, -0.2) is 17.5 Å². The van der Waals surface area contributed by atoms with Crippen LogP contribution in [0.15, 0.2) is 53.0 Å². The van der Waals surface area contributed by atoms with Crippen LogP contribution < -0.4 is 4.74 Å². The molecule has 4 heteroatoms. The maximum atomic E-state index is 11.8. The topological polar surface area (TPSA) is 46.5 Å². The van der Waals surface area contributed by atoms with Crippen molar-refractivity contribution in [3.63, 3.8) is 0 Å². The first kappa shape index (κ1) is 12.6. The lowest BCUT2D eigenvalue weighted by Gasteiger charge is -2.07. The van der Waals surface area contributed by atoms with Crippen molar-refractivity contribution in [1.82, 2.24) is 0 Å².